The van der Waals surface area contributed by atoms with Gasteiger partial charge in [-0.2, -0.15) is 4.98 Å². The third-order valence-electron chi connectivity index (χ3n) is 4.56. The van der Waals surface area contributed by atoms with E-state index in [9.17, 15) is 0 Å². The lowest BCUT2D eigenvalue weighted by Crippen LogP contribution is -2.39. The molecule has 6 nitrogen and oxygen atoms in total. The number of aromatic nitrogens is 2. The molecule has 1 aromatic heterocycles. The van der Waals surface area contributed by atoms with Gasteiger partial charge in [0.1, 0.15) is 5.75 Å². The van der Waals surface area contributed by atoms with Crippen LogP contribution in [0.25, 0.3) is 11.4 Å². The molecule has 0 bridgehead atoms. The molecule has 0 saturated carbocycles. The van der Waals surface area contributed by atoms with Gasteiger partial charge in [-0.15, -0.1) is 0 Å². The van der Waals surface area contributed by atoms with Crippen LogP contribution in [-0.2, 0) is 11.3 Å². The molecule has 24 heavy (non-hydrogen) atoms. The zero-order chi connectivity index (χ0) is 16.8. The summed E-state index contributed by atoms with van der Waals surface area (Å²) >= 11 is 0. The van der Waals surface area contributed by atoms with E-state index in [4.69, 9.17) is 14.0 Å². The fraction of sp³-hybridized carbons (Fsp3) is 0.556. The molecular formula is C18H25N3O3. The van der Waals surface area contributed by atoms with Crippen LogP contribution in [0.5, 0.6) is 5.75 Å². The quantitative estimate of drug-likeness (QED) is 0.777. The second-order valence-electron chi connectivity index (χ2n) is 6.14. The van der Waals surface area contributed by atoms with Crippen LogP contribution in [-0.4, -0.2) is 48.5 Å². The Labute approximate surface area is 142 Å². The largest absolute Gasteiger partial charge is 0.497 e. The lowest BCUT2D eigenvalue weighted by molar-refractivity contribution is 0.0882. The molecule has 6 heteroatoms. The van der Waals surface area contributed by atoms with Gasteiger partial charge in [-0.25, -0.2) is 0 Å². The first-order valence-corrected chi connectivity index (χ1v) is 8.50. The molecule has 1 atom stereocenters. The third-order valence-corrected chi connectivity index (χ3v) is 4.56. The molecular weight excluding hydrogens is 306 g/mol. The van der Waals surface area contributed by atoms with Crippen LogP contribution < -0.4 is 4.74 Å². The van der Waals surface area contributed by atoms with Crippen molar-refractivity contribution in [3.8, 4) is 17.1 Å². The highest BCUT2D eigenvalue weighted by Gasteiger charge is 2.24. The van der Waals surface area contributed by atoms with Crippen LogP contribution >= 0.6 is 0 Å². The van der Waals surface area contributed by atoms with Crippen molar-refractivity contribution in [1.29, 1.82) is 0 Å². The van der Waals surface area contributed by atoms with Gasteiger partial charge in [0, 0.05) is 25.3 Å². The van der Waals surface area contributed by atoms with Gasteiger partial charge in [0.15, 0.2) is 0 Å². The first-order valence-electron chi connectivity index (χ1n) is 8.50. The molecule has 1 aliphatic heterocycles. The zero-order valence-electron chi connectivity index (χ0n) is 14.4. The third kappa shape index (κ3) is 4.13. The number of nitrogens with zero attached hydrogens (tertiary/aromatic N) is 3. The second kappa shape index (κ2) is 8.26. The minimum Gasteiger partial charge on any atom is -0.497 e. The van der Waals surface area contributed by atoms with Crippen LogP contribution in [0.4, 0.5) is 0 Å². The number of rotatable bonds is 7. The van der Waals surface area contributed by atoms with E-state index in [1.807, 2.05) is 24.3 Å². The number of ether oxygens (including phenoxy) is 2. The number of piperidine rings is 1. The summed E-state index contributed by atoms with van der Waals surface area (Å²) in [5, 5.41) is 4.12. The molecule has 0 N–H and O–H groups in total. The SMILES string of the molecule is COCC[C@H]1CCCCN1Cc1nc(-c2ccc(OC)cc2)no1. The summed E-state index contributed by atoms with van der Waals surface area (Å²) in [6.07, 6.45) is 4.77. The standard InChI is InChI=1S/C18H25N3O3/c1-22-12-10-15-5-3-4-11-21(15)13-17-19-18(20-24-17)14-6-8-16(23-2)9-7-14/h6-9,15H,3-5,10-13H2,1-2H3/t15-/m1/s1. The Kier molecular flexibility index (Phi) is 5.82. The van der Waals surface area contributed by atoms with E-state index in [2.05, 4.69) is 15.0 Å². The zero-order valence-corrected chi connectivity index (χ0v) is 14.4. The summed E-state index contributed by atoms with van der Waals surface area (Å²) in [4.78, 5) is 6.99. The average molecular weight is 331 g/mol. The molecule has 130 valence electrons. The van der Waals surface area contributed by atoms with Gasteiger partial charge in [-0.1, -0.05) is 11.6 Å². The summed E-state index contributed by atoms with van der Waals surface area (Å²) in [7, 11) is 3.41. The number of benzene rings is 1. The van der Waals surface area contributed by atoms with Crippen LogP contribution in [0.2, 0.25) is 0 Å². The molecule has 1 aromatic carbocycles. The molecule has 0 amide bonds. The molecule has 3 rings (SSSR count). The first kappa shape index (κ1) is 16.9. The van der Waals surface area contributed by atoms with Crippen molar-refractivity contribution in [3.63, 3.8) is 0 Å². The second-order valence-corrected chi connectivity index (χ2v) is 6.14. The van der Waals surface area contributed by atoms with Crippen LogP contribution in [0.1, 0.15) is 31.6 Å². The predicted octanol–water partition coefficient (Wildman–Crippen LogP) is 3.14. The van der Waals surface area contributed by atoms with Crippen molar-refractivity contribution < 1.29 is 14.0 Å². The summed E-state index contributed by atoms with van der Waals surface area (Å²) in [5.41, 5.74) is 0.931. The van der Waals surface area contributed by atoms with Crippen molar-refractivity contribution in [2.75, 3.05) is 27.4 Å². The molecule has 1 saturated heterocycles. The topological polar surface area (TPSA) is 60.6 Å². The molecule has 0 radical (unpaired) electrons. The Hall–Kier alpha value is -1.92. The fourth-order valence-corrected chi connectivity index (χ4v) is 3.20. The average Bonchev–Trinajstić information content (AvgIpc) is 3.09. The molecule has 1 fully saturated rings. The van der Waals surface area contributed by atoms with E-state index in [1.54, 1.807) is 14.2 Å². The summed E-state index contributed by atoms with van der Waals surface area (Å²) in [6.45, 7) is 2.58. The van der Waals surface area contributed by atoms with Gasteiger partial charge in [-0.05, 0) is 50.1 Å². The van der Waals surface area contributed by atoms with Gasteiger partial charge in [0.25, 0.3) is 0 Å². The molecule has 0 unspecified atom stereocenters. The Morgan fingerprint density at radius 1 is 1.21 bits per heavy atom. The van der Waals surface area contributed by atoms with E-state index in [0.29, 0.717) is 24.3 Å². The maximum Gasteiger partial charge on any atom is 0.241 e. The molecule has 0 aliphatic carbocycles. The van der Waals surface area contributed by atoms with E-state index < -0.39 is 0 Å². The Morgan fingerprint density at radius 2 is 2.04 bits per heavy atom. The van der Waals surface area contributed by atoms with Gasteiger partial charge >= 0.3 is 0 Å². The number of hydrogen-bond donors (Lipinski definition) is 0. The minimum absolute atomic E-state index is 0.537. The van der Waals surface area contributed by atoms with Crippen LogP contribution in [0.3, 0.4) is 0 Å². The van der Waals surface area contributed by atoms with Crippen molar-refractivity contribution >= 4 is 0 Å². The predicted molar refractivity (Wildman–Crippen MR) is 90.8 cm³/mol. The normalized spacial score (nSPS) is 18.7. The fourth-order valence-electron chi connectivity index (χ4n) is 3.20. The van der Waals surface area contributed by atoms with Gasteiger partial charge in [0.2, 0.25) is 11.7 Å². The lowest BCUT2D eigenvalue weighted by Gasteiger charge is -2.34. The highest BCUT2D eigenvalue weighted by molar-refractivity contribution is 5.55. The van der Waals surface area contributed by atoms with Crippen molar-refractivity contribution in [1.82, 2.24) is 15.0 Å². The lowest BCUT2D eigenvalue weighted by atomic mass is 10.00. The Balaban J connectivity index is 1.65. The van der Waals surface area contributed by atoms with E-state index in [1.165, 1.54) is 19.3 Å². The van der Waals surface area contributed by atoms with Crippen LogP contribution in [0, 0.1) is 0 Å². The van der Waals surface area contributed by atoms with E-state index in [0.717, 1.165) is 30.9 Å². The summed E-state index contributed by atoms with van der Waals surface area (Å²) < 4.78 is 15.9. The minimum atomic E-state index is 0.537. The maximum absolute atomic E-state index is 5.47. The van der Waals surface area contributed by atoms with Crippen LogP contribution in [0.15, 0.2) is 28.8 Å². The van der Waals surface area contributed by atoms with Crippen molar-refractivity contribution in [2.24, 2.45) is 0 Å². The number of likely N-dealkylation sites (tertiary alicyclic amines) is 1. The van der Waals surface area contributed by atoms with Gasteiger partial charge < -0.3 is 14.0 Å². The number of methoxy groups -OCH3 is 2. The number of hydrogen-bond acceptors (Lipinski definition) is 6. The van der Waals surface area contributed by atoms with Crippen molar-refractivity contribution in [2.45, 2.75) is 38.3 Å². The first-order chi connectivity index (χ1) is 11.8. The summed E-state index contributed by atoms with van der Waals surface area (Å²) in [6, 6.07) is 8.22. The molecule has 1 aliphatic rings. The smallest absolute Gasteiger partial charge is 0.241 e. The highest BCUT2D eigenvalue weighted by atomic mass is 16.5. The summed E-state index contributed by atoms with van der Waals surface area (Å²) in [5.74, 6) is 2.11. The van der Waals surface area contributed by atoms with Crippen molar-refractivity contribution in [3.05, 3.63) is 30.2 Å². The highest BCUT2D eigenvalue weighted by Crippen LogP contribution is 2.23. The molecule has 2 aromatic rings. The molecule has 0 spiro atoms. The Bertz CT molecular complexity index is 627. The maximum atomic E-state index is 5.47. The van der Waals surface area contributed by atoms with Gasteiger partial charge in [-0.3, -0.25) is 4.90 Å². The monoisotopic (exact) mass is 331 g/mol. The van der Waals surface area contributed by atoms with E-state index in [-0.39, 0.29) is 0 Å². The Morgan fingerprint density at radius 3 is 2.79 bits per heavy atom. The van der Waals surface area contributed by atoms with E-state index >= 15 is 0 Å². The molecule has 2 heterocycles. The van der Waals surface area contributed by atoms with Gasteiger partial charge in [0.05, 0.1) is 13.7 Å².